The third-order valence-corrected chi connectivity index (χ3v) is 5.80. The van der Waals surface area contributed by atoms with Crippen molar-refractivity contribution >= 4 is 35.0 Å². The number of benzene rings is 3. The summed E-state index contributed by atoms with van der Waals surface area (Å²) in [5, 5.41) is 4.06. The molecule has 178 valence electrons. The minimum Gasteiger partial charge on any atom is -0.484 e. The molecule has 2 amide bonds. The zero-order valence-corrected chi connectivity index (χ0v) is 20.7. The van der Waals surface area contributed by atoms with Gasteiger partial charge >= 0.3 is 0 Å². The Morgan fingerprint density at radius 1 is 0.912 bits per heavy atom. The summed E-state index contributed by atoms with van der Waals surface area (Å²) in [5.74, 6) is -0.0397. The van der Waals surface area contributed by atoms with Gasteiger partial charge in [-0.2, -0.15) is 0 Å². The number of amides is 2. The lowest BCUT2D eigenvalue weighted by atomic mass is 10.0. The molecular formula is C27H28Cl2N2O3. The van der Waals surface area contributed by atoms with Crippen molar-refractivity contribution in [2.75, 3.05) is 6.61 Å². The molecule has 0 aromatic heterocycles. The van der Waals surface area contributed by atoms with Crippen molar-refractivity contribution in [2.24, 2.45) is 0 Å². The molecule has 0 unspecified atom stereocenters. The lowest BCUT2D eigenvalue weighted by Gasteiger charge is -2.32. The number of halogens is 2. The molecule has 0 aliphatic carbocycles. The van der Waals surface area contributed by atoms with Crippen LogP contribution < -0.4 is 10.1 Å². The van der Waals surface area contributed by atoms with Crippen LogP contribution in [0.1, 0.15) is 25.0 Å². The number of ether oxygens (including phenoxy) is 1. The second-order valence-electron chi connectivity index (χ2n) is 8.22. The number of nitrogens with zero attached hydrogens (tertiary/aromatic N) is 1. The highest BCUT2D eigenvalue weighted by Gasteiger charge is 2.31. The van der Waals surface area contributed by atoms with Crippen molar-refractivity contribution < 1.29 is 14.3 Å². The van der Waals surface area contributed by atoms with Crippen LogP contribution in [0.15, 0.2) is 78.9 Å². The molecule has 7 heteroatoms. The summed E-state index contributed by atoms with van der Waals surface area (Å²) in [6, 6.07) is 22.9. The topological polar surface area (TPSA) is 58.6 Å². The van der Waals surface area contributed by atoms with Gasteiger partial charge in [0.1, 0.15) is 11.8 Å². The van der Waals surface area contributed by atoms with Gasteiger partial charge in [-0.25, -0.2) is 0 Å². The molecule has 3 rings (SSSR count). The van der Waals surface area contributed by atoms with E-state index in [0.29, 0.717) is 22.2 Å². The maximum Gasteiger partial charge on any atom is 0.261 e. The molecule has 0 fully saturated rings. The van der Waals surface area contributed by atoms with E-state index in [0.717, 1.165) is 11.1 Å². The number of hydrogen-bond donors (Lipinski definition) is 1. The summed E-state index contributed by atoms with van der Waals surface area (Å²) in [7, 11) is 0. The van der Waals surface area contributed by atoms with Gasteiger partial charge in [-0.3, -0.25) is 9.59 Å². The van der Waals surface area contributed by atoms with Gasteiger partial charge in [0.05, 0.1) is 0 Å². The number of carbonyl (C=O) groups is 2. The summed E-state index contributed by atoms with van der Waals surface area (Å²) in [4.78, 5) is 28.3. The van der Waals surface area contributed by atoms with Crippen molar-refractivity contribution in [1.82, 2.24) is 10.2 Å². The van der Waals surface area contributed by atoms with E-state index in [2.05, 4.69) is 5.32 Å². The maximum atomic E-state index is 13.5. The highest BCUT2D eigenvalue weighted by molar-refractivity contribution is 6.31. The van der Waals surface area contributed by atoms with E-state index in [9.17, 15) is 9.59 Å². The number of rotatable bonds is 10. The van der Waals surface area contributed by atoms with E-state index in [1.807, 2.05) is 62.4 Å². The smallest absolute Gasteiger partial charge is 0.261 e. The zero-order chi connectivity index (χ0) is 24.5. The Hall–Kier alpha value is -3.02. The second-order valence-corrected chi connectivity index (χ2v) is 9.07. The molecule has 0 aliphatic heterocycles. The summed E-state index contributed by atoms with van der Waals surface area (Å²) in [6.45, 7) is 3.72. The first kappa shape index (κ1) is 25.6. The Morgan fingerprint density at radius 2 is 1.56 bits per heavy atom. The third kappa shape index (κ3) is 7.51. The van der Waals surface area contributed by atoms with Crippen LogP contribution in [0.5, 0.6) is 5.75 Å². The van der Waals surface area contributed by atoms with Gasteiger partial charge < -0.3 is 15.0 Å². The van der Waals surface area contributed by atoms with E-state index >= 15 is 0 Å². The predicted octanol–water partition coefficient (Wildman–Crippen LogP) is 5.54. The third-order valence-electron chi connectivity index (χ3n) is 5.18. The number of nitrogens with one attached hydrogen (secondary N) is 1. The fourth-order valence-corrected chi connectivity index (χ4v) is 3.83. The van der Waals surface area contributed by atoms with Crippen molar-refractivity contribution in [1.29, 1.82) is 0 Å². The van der Waals surface area contributed by atoms with Crippen molar-refractivity contribution in [3.8, 4) is 5.75 Å². The first-order valence-electron chi connectivity index (χ1n) is 11.1. The summed E-state index contributed by atoms with van der Waals surface area (Å²) in [5.41, 5.74) is 1.70. The highest BCUT2D eigenvalue weighted by atomic mass is 35.5. The zero-order valence-electron chi connectivity index (χ0n) is 19.2. The van der Waals surface area contributed by atoms with Gasteiger partial charge in [-0.05, 0) is 55.3 Å². The molecule has 0 saturated heterocycles. The maximum absolute atomic E-state index is 13.5. The van der Waals surface area contributed by atoms with Gasteiger partial charge in [0, 0.05) is 29.1 Å². The van der Waals surface area contributed by atoms with Gasteiger partial charge in [0.15, 0.2) is 6.61 Å². The van der Waals surface area contributed by atoms with Gasteiger partial charge in [-0.1, -0.05) is 71.7 Å². The predicted molar refractivity (Wildman–Crippen MR) is 136 cm³/mol. The molecule has 0 bridgehead atoms. The van der Waals surface area contributed by atoms with E-state index in [-0.39, 0.29) is 31.0 Å². The monoisotopic (exact) mass is 498 g/mol. The van der Waals surface area contributed by atoms with Gasteiger partial charge in [0.2, 0.25) is 5.91 Å². The van der Waals surface area contributed by atoms with Crippen molar-refractivity contribution in [3.63, 3.8) is 0 Å². The van der Waals surface area contributed by atoms with Gasteiger partial charge in [0.25, 0.3) is 5.91 Å². The van der Waals surface area contributed by atoms with Crippen LogP contribution in [0.25, 0.3) is 0 Å². The lowest BCUT2D eigenvalue weighted by molar-refractivity contribution is -0.143. The first-order chi connectivity index (χ1) is 16.3. The molecular weight excluding hydrogens is 471 g/mol. The summed E-state index contributed by atoms with van der Waals surface area (Å²) >= 11 is 12.3. The van der Waals surface area contributed by atoms with Crippen molar-refractivity contribution in [3.05, 3.63) is 100 Å². The fraction of sp³-hybridized carbons (Fsp3) is 0.259. The quantitative estimate of drug-likeness (QED) is 0.399. The minimum absolute atomic E-state index is 0.0756. The molecule has 1 atom stereocenters. The van der Waals surface area contributed by atoms with Crippen LogP contribution in [0, 0.1) is 0 Å². The fourth-order valence-electron chi connectivity index (χ4n) is 3.50. The Balaban J connectivity index is 1.91. The lowest BCUT2D eigenvalue weighted by Crippen LogP contribution is -2.52. The largest absolute Gasteiger partial charge is 0.484 e. The Labute approximate surface area is 210 Å². The molecule has 34 heavy (non-hydrogen) atoms. The Kier molecular flexibility index (Phi) is 9.37. The van der Waals surface area contributed by atoms with E-state index in [1.165, 1.54) is 0 Å². The standard InChI is InChI=1S/C27H28Cl2N2O3/c1-19(2)30-27(33)25(16-20-8-4-3-5-9-20)31(17-21-10-6-7-11-24(21)29)26(32)18-34-23-14-12-22(28)13-15-23/h3-15,19,25H,16-18H2,1-2H3,(H,30,33)/t25-/m1/s1. The van der Waals surface area contributed by atoms with Gasteiger partial charge in [-0.15, -0.1) is 0 Å². The molecule has 0 aliphatic rings. The van der Waals surface area contributed by atoms with E-state index in [4.69, 9.17) is 27.9 Å². The molecule has 0 spiro atoms. The van der Waals surface area contributed by atoms with Crippen LogP contribution >= 0.6 is 23.2 Å². The molecule has 0 saturated carbocycles. The molecule has 3 aromatic rings. The van der Waals surface area contributed by atoms with Crippen molar-refractivity contribution in [2.45, 2.75) is 38.9 Å². The van der Waals surface area contributed by atoms with Crippen LogP contribution in [0.2, 0.25) is 10.0 Å². The molecule has 5 nitrogen and oxygen atoms in total. The van der Waals surface area contributed by atoms with Crippen LogP contribution in [0.4, 0.5) is 0 Å². The van der Waals surface area contributed by atoms with Crippen LogP contribution in [-0.2, 0) is 22.6 Å². The highest BCUT2D eigenvalue weighted by Crippen LogP contribution is 2.21. The molecule has 0 radical (unpaired) electrons. The Bertz CT molecular complexity index is 1090. The van der Waals surface area contributed by atoms with E-state index < -0.39 is 6.04 Å². The minimum atomic E-state index is -0.748. The average molecular weight is 499 g/mol. The first-order valence-corrected chi connectivity index (χ1v) is 11.8. The average Bonchev–Trinajstić information content (AvgIpc) is 2.82. The number of carbonyl (C=O) groups excluding carboxylic acids is 2. The second kappa shape index (κ2) is 12.4. The normalized spacial score (nSPS) is 11.7. The number of hydrogen-bond acceptors (Lipinski definition) is 3. The van der Waals surface area contributed by atoms with Crippen LogP contribution in [-0.4, -0.2) is 35.4 Å². The van der Waals surface area contributed by atoms with E-state index in [1.54, 1.807) is 35.2 Å². The SMILES string of the molecule is CC(C)NC(=O)[C@@H](Cc1ccccc1)N(Cc1ccccc1Cl)C(=O)COc1ccc(Cl)cc1. The molecule has 0 heterocycles. The molecule has 1 N–H and O–H groups in total. The molecule has 3 aromatic carbocycles. The van der Waals surface area contributed by atoms with Crippen LogP contribution in [0.3, 0.4) is 0 Å². The summed E-state index contributed by atoms with van der Waals surface area (Å²) < 4.78 is 5.72. The Morgan fingerprint density at radius 3 is 2.21 bits per heavy atom. The summed E-state index contributed by atoms with van der Waals surface area (Å²) in [6.07, 6.45) is 0.358.